The number of hydrogen-bond donors (Lipinski definition) is 1. The number of aromatic carboxylic acids is 1. The maximum atomic E-state index is 11.0. The lowest BCUT2D eigenvalue weighted by molar-refractivity contribution is 0.0691. The normalized spacial score (nSPS) is 15.7. The van der Waals surface area contributed by atoms with Crippen LogP contribution in [0.5, 0.6) is 0 Å². The number of likely N-dealkylation sites (N-methyl/N-ethyl adjacent to an activating group) is 1. The predicted molar refractivity (Wildman–Crippen MR) is 75.2 cm³/mol. The van der Waals surface area contributed by atoms with Gasteiger partial charge in [-0.2, -0.15) is 0 Å². The van der Waals surface area contributed by atoms with Crippen molar-refractivity contribution in [3.63, 3.8) is 0 Å². The number of carboxylic acids is 1. The summed E-state index contributed by atoms with van der Waals surface area (Å²) in [6.07, 6.45) is 2.54. The van der Waals surface area contributed by atoms with Crippen molar-refractivity contribution in [3.05, 3.63) is 22.8 Å². The Bertz CT molecular complexity index is 461. The molecule has 2 rings (SSSR count). The topological polar surface area (TPSA) is 56.7 Å². The quantitative estimate of drug-likeness (QED) is 0.895. The highest BCUT2D eigenvalue weighted by molar-refractivity contribution is 6.33. The van der Waals surface area contributed by atoms with Crippen molar-refractivity contribution in [3.8, 4) is 0 Å². The Labute approximate surface area is 117 Å². The molecule has 0 unspecified atom stereocenters. The number of carbonyl (C=O) groups is 1. The summed E-state index contributed by atoms with van der Waals surface area (Å²) in [4.78, 5) is 19.4. The molecule has 104 valence electrons. The number of likely N-dealkylation sites (tertiary alicyclic amines) is 1. The Kier molecular flexibility index (Phi) is 4.61. The van der Waals surface area contributed by atoms with Crippen LogP contribution in [0, 0.1) is 0 Å². The minimum absolute atomic E-state index is 0.0906. The van der Waals surface area contributed by atoms with E-state index in [4.69, 9.17) is 16.7 Å². The summed E-state index contributed by atoms with van der Waals surface area (Å²) in [5, 5.41) is 9.17. The van der Waals surface area contributed by atoms with Crippen LogP contribution in [0.1, 0.15) is 23.3 Å². The molecule has 0 amide bonds. The molecule has 2 heterocycles. The lowest BCUT2D eigenvalue weighted by Gasteiger charge is -2.22. The summed E-state index contributed by atoms with van der Waals surface area (Å²) in [6, 6.07) is 3.33. The van der Waals surface area contributed by atoms with Crippen LogP contribution < -0.4 is 4.90 Å². The molecule has 0 radical (unpaired) electrons. The van der Waals surface area contributed by atoms with Crippen LogP contribution in [-0.4, -0.2) is 54.2 Å². The number of nitrogens with zero attached hydrogens (tertiary/aromatic N) is 3. The molecular weight excluding hydrogens is 266 g/mol. The van der Waals surface area contributed by atoms with Gasteiger partial charge in [0.25, 0.3) is 0 Å². The molecule has 1 aromatic heterocycles. The van der Waals surface area contributed by atoms with Crippen molar-refractivity contribution in [2.45, 2.75) is 12.8 Å². The Balaban J connectivity index is 1.99. The monoisotopic (exact) mass is 283 g/mol. The Morgan fingerprint density at radius 3 is 2.79 bits per heavy atom. The van der Waals surface area contributed by atoms with E-state index in [9.17, 15) is 4.79 Å². The largest absolute Gasteiger partial charge is 0.476 e. The van der Waals surface area contributed by atoms with Crippen molar-refractivity contribution in [1.82, 2.24) is 9.88 Å². The van der Waals surface area contributed by atoms with Gasteiger partial charge in [0.1, 0.15) is 5.82 Å². The van der Waals surface area contributed by atoms with Crippen LogP contribution in [0.15, 0.2) is 12.1 Å². The van der Waals surface area contributed by atoms with Gasteiger partial charge in [0, 0.05) is 20.1 Å². The third kappa shape index (κ3) is 3.58. The van der Waals surface area contributed by atoms with Gasteiger partial charge in [0.2, 0.25) is 0 Å². The maximum absolute atomic E-state index is 11.0. The average molecular weight is 284 g/mol. The van der Waals surface area contributed by atoms with E-state index in [0.717, 1.165) is 26.2 Å². The second-order valence-corrected chi connectivity index (χ2v) is 5.18. The van der Waals surface area contributed by atoms with Crippen LogP contribution in [0.25, 0.3) is 0 Å². The van der Waals surface area contributed by atoms with Crippen LogP contribution in [0.3, 0.4) is 0 Å². The smallest absolute Gasteiger partial charge is 0.356 e. The molecule has 1 N–H and O–H groups in total. The molecule has 0 aliphatic carbocycles. The SMILES string of the molecule is CN(CCN1CCCC1)c1ccc(Cl)c(C(=O)O)n1. The van der Waals surface area contributed by atoms with E-state index in [-0.39, 0.29) is 10.7 Å². The first-order chi connectivity index (χ1) is 9.08. The van der Waals surface area contributed by atoms with Gasteiger partial charge < -0.3 is 14.9 Å². The molecule has 1 aliphatic rings. The minimum Gasteiger partial charge on any atom is -0.476 e. The van der Waals surface area contributed by atoms with Gasteiger partial charge in [0.05, 0.1) is 5.02 Å². The Hall–Kier alpha value is -1.33. The molecule has 19 heavy (non-hydrogen) atoms. The van der Waals surface area contributed by atoms with Crippen LogP contribution >= 0.6 is 11.6 Å². The molecule has 5 nitrogen and oxygen atoms in total. The van der Waals surface area contributed by atoms with E-state index in [1.165, 1.54) is 12.8 Å². The van der Waals surface area contributed by atoms with Gasteiger partial charge >= 0.3 is 5.97 Å². The summed E-state index contributed by atoms with van der Waals surface area (Å²) in [5.41, 5.74) is -0.0906. The number of hydrogen-bond acceptors (Lipinski definition) is 4. The summed E-state index contributed by atoms with van der Waals surface area (Å²) >= 11 is 5.81. The zero-order chi connectivity index (χ0) is 13.8. The van der Waals surface area contributed by atoms with Gasteiger partial charge in [-0.1, -0.05) is 11.6 Å². The lowest BCUT2D eigenvalue weighted by Crippen LogP contribution is -2.32. The van der Waals surface area contributed by atoms with Gasteiger partial charge in [-0.3, -0.25) is 0 Å². The van der Waals surface area contributed by atoms with Gasteiger partial charge in [-0.15, -0.1) is 0 Å². The first-order valence-corrected chi connectivity index (χ1v) is 6.79. The summed E-state index contributed by atoms with van der Waals surface area (Å²) in [7, 11) is 1.91. The Morgan fingerprint density at radius 1 is 1.47 bits per heavy atom. The first-order valence-electron chi connectivity index (χ1n) is 6.41. The summed E-state index contributed by atoms with van der Waals surface area (Å²) in [5.74, 6) is -0.458. The fourth-order valence-corrected chi connectivity index (χ4v) is 2.39. The fourth-order valence-electron chi connectivity index (χ4n) is 2.21. The standard InChI is InChI=1S/C13H18ClN3O2/c1-16(8-9-17-6-2-3-7-17)11-5-4-10(14)12(15-11)13(18)19/h4-5H,2-3,6-9H2,1H3,(H,18,19). The first kappa shape index (κ1) is 14.1. The van der Waals surface area contributed by atoms with Gasteiger partial charge in [-0.05, 0) is 38.1 Å². The number of aromatic nitrogens is 1. The molecule has 1 aliphatic heterocycles. The molecule has 1 fully saturated rings. The number of rotatable bonds is 5. The fraction of sp³-hybridized carbons (Fsp3) is 0.538. The van der Waals surface area contributed by atoms with E-state index < -0.39 is 5.97 Å². The molecular formula is C13H18ClN3O2. The zero-order valence-electron chi connectivity index (χ0n) is 11.0. The van der Waals surface area contributed by atoms with E-state index in [1.807, 2.05) is 11.9 Å². The highest BCUT2D eigenvalue weighted by Gasteiger charge is 2.15. The molecule has 1 saturated heterocycles. The number of halogens is 1. The third-order valence-corrected chi connectivity index (χ3v) is 3.68. The predicted octanol–water partition coefficient (Wildman–Crippen LogP) is 1.97. The lowest BCUT2D eigenvalue weighted by atomic mass is 10.3. The average Bonchev–Trinajstić information content (AvgIpc) is 2.89. The Morgan fingerprint density at radius 2 is 2.16 bits per heavy atom. The summed E-state index contributed by atoms with van der Waals surface area (Å²) in [6.45, 7) is 4.11. The number of pyridine rings is 1. The highest BCUT2D eigenvalue weighted by atomic mass is 35.5. The van der Waals surface area contributed by atoms with Crippen LogP contribution in [0.2, 0.25) is 5.02 Å². The molecule has 6 heteroatoms. The molecule has 0 bridgehead atoms. The zero-order valence-corrected chi connectivity index (χ0v) is 11.7. The van der Waals surface area contributed by atoms with E-state index in [0.29, 0.717) is 5.82 Å². The second-order valence-electron chi connectivity index (χ2n) is 4.78. The van der Waals surface area contributed by atoms with Crippen molar-refractivity contribution >= 4 is 23.4 Å². The van der Waals surface area contributed by atoms with Gasteiger partial charge in [0.15, 0.2) is 5.69 Å². The minimum atomic E-state index is -1.10. The van der Waals surface area contributed by atoms with Crippen LogP contribution in [-0.2, 0) is 0 Å². The van der Waals surface area contributed by atoms with Crippen molar-refractivity contribution in [1.29, 1.82) is 0 Å². The number of anilines is 1. The second kappa shape index (κ2) is 6.21. The molecule has 1 aromatic rings. The van der Waals surface area contributed by atoms with Crippen molar-refractivity contribution in [2.24, 2.45) is 0 Å². The molecule has 0 aromatic carbocycles. The summed E-state index contributed by atoms with van der Waals surface area (Å²) < 4.78 is 0. The maximum Gasteiger partial charge on any atom is 0.356 e. The van der Waals surface area contributed by atoms with E-state index >= 15 is 0 Å². The molecule has 0 atom stereocenters. The number of carboxylic acid groups (broad SMARTS) is 1. The van der Waals surface area contributed by atoms with Crippen molar-refractivity contribution < 1.29 is 9.90 Å². The van der Waals surface area contributed by atoms with E-state index in [1.54, 1.807) is 12.1 Å². The van der Waals surface area contributed by atoms with Gasteiger partial charge in [-0.25, -0.2) is 9.78 Å². The van der Waals surface area contributed by atoms with Crippen molar-refractivity contribution in [2.75, 3.05) is 38.1 Å². The van der Waals surface area contributed by atoms with E-state index in [2.05, 4.69) is 9.88 Å². The van der Waals surface area contributed by atoms with Crippen LogP contribution in [0.4, 0.5) is 5.82 Å². The third-order valence-electron chi connectivity index (χ3n) is 3.38. The molecule has 0 spiro atoms. The highest BCUT2D eigenvalue weighted by Crippen LogP contribution is 2.18. The molecule has 0 saturated carbocycles.